The summed E-state index contributed by atoms with van der Waals surface area (Å²) in [6.45, 7) is 0. The monoisotopic (exact) mass is 203 g/mol. The number of nitrogen functional groups attached to an aromatic ring is 1. The Hall–Kier alpha value is -2.35. The van der Waals surface area contributed by atoms with E-state index in [-0.39, 0.29) is 5.82 Å². The molecule has 0 spiro atoms. The standard InChI is InChI=1S/C10H9N3O2/c1-15-10(14)8-5-7(3-2-4-11)9(12)13-6-8/h2-3,5-6H,1H3,(H2,12,13). The van der Waals surface area contributed by atoms with Crippen molar-refractivity contribution in [2.24, 2.45) is 0 Å². The van der Waals surface area contributed by atoms with Gasteiger partial charge in [-0.25, -0.2) is 9.78 Å². The van der Waals surface area contributed by atoms with E-state index in [0.29, 0.717) is 11.1 Å². The number of hydrogen-bond acceptors (Lipinski definition) is 5. The summed E-state index contributed by atoms with van der Waals surface area (Å²) in [6.07, 6.45) is 4.06. The molecule has 1 aromatic rings. The van der Waals surface area contributed by atoms with Crippen molar-refractivity contribution in [1.29, 1.82) is 5.26 Å². The zero-order valence-electron chi connectivity index (χ0n) is 8.10. The molecule has 0 bridgehead atoms. The van der Waals surface area contributed by atoms with Gasteiger partial charge in [-0.05, 0) is 12.1 Å². The van der Waals surface area contributed by atoms with Gasteiger partial charge >= 0.3 is 5.97 Å². The van der Waals surface area contributed by atoms with Gasteiger partial charge in [0.1, 0.15) is 5.82 Å². The summed E-state index contributed by atoms with van der Waals surface area (Å²) >= 11 is 0. The summed E-state index contributed by atoms with van der Waals surface area (Å²) < 4.78 is 4.53. The van der Waals surface area contributed by atoms with Gasteiger partial charge in [0, 0.05) is 17.8 Å². The molecule has 0 atom stereocenters. The largest absolute Gasteiger partial charge is 0.465 e. The molecular formula is C10H9N3O2. The minimum Gasteiger partial charge on any atom is -0.465 e. The normalized spacial score (nSPS) is 9.87. The summed E-state index contributed by atoms with van der Waals surface area (Å²) in [5.41, 5.74) is 6.36. The average molecular weight is 203 g/mol. The Balaban J connectivity index is 3.12. The minimum atomic E-state index is -0.492. The second-order valence-electron chi connectivity index (χ2n) is 2.65. The number of ether oxygens (including phenoxy) is 1. The molecular weight excluding hydrogens is 194 g/mol. The van der Waals surface area contributed by atoms with Crippen LogP contribution in [0.1, 0.15) is 15.9 Å². The Labute approximate surface area is 86.8 Å². The third kappa shape index (κ3) is 2.54. The fraction of sp³-hybridized carbons (Fsp3) is 0.100. The van der Waals surface area contributed by atoms with Crippen LogP contribution in [0.3, 0.4) is 0 Å². The maximum Gasteiger partial charge on any atom is 0.339 e. The summed E-state index contributed by atoms with van der Waals surface area (Å²) in [7, 11) is 1.28. The molecule has 0 amide bonds. The van der Waals surface area contributed by atoms with Crippen LogP contribution in [-0.2, 0) is 4.74 Å². The number of esters is 1. The Morgan fingerprint density at radius 2 is 2.47 bits per heavy atom. The first-order valence-electron chi connectivity index (χ1n) is 4.09. The number of nitrogens with two attached hydrogens (primary N) is 1. The highest BCUT2D eigenvalue weighted by Crippen LogP contribution is 2.13. The molecule has 0 aliphatic carbocycles. The van der Waals surface area contributed by atoms with E-state index >= 15 is 0 Å². The Kier molecular flexibility index (Phi) is 3.41. The van der Waals surface area contributed by atoms with E-state index in [1.807, 2.05) is 6.07 Å². The Morgan fingerprint density at radius 1 is 1.73 bits per heavy atom. The van der Waals surface area contributed by atoms with E-state index in [4.69, 9.17) is 11.0 Å². The summed E-state index contributed by atoms with van der Waals surface area (Å²) in [6, 6.07) is 3.34. The lowest BCUT2D eigenvalue weighted by Gasteiger charge is -2.02. The third-order valence-corrected chi connectivity index (χ3v) is 1.71. The van der Waals surface area contributed by atoms with Crippen LogP contribution in [0.4, 0.5) is 5.82 Å². The van der Waals surface area contributed by atoms with Crippen molar-refractivity contribution in [2.45, 2.75) is 0 Å². The predicted molar refractivity (Wildman–Crippen MR) is 54.6 cm³/mol. The second kappa shape index (κ2) is 4.77. The second-order valence-corrected chi connectivity index (χ2v) is 2.65. The van der Waals surface area contributed by atoms with Gasteiger partial charge in [-0.3, -0.25) is 0 Å². The number of carbonyl (C=O) groups is 1. The van der Waals surface area contributed by atoms with Gasteiger partial charge in [0.2, 0.25) is 0 Å². The van der Waals surface area contributed by atoms with Gasteiger partial charge < -0.3 is 10.5 Å². The molecule has 0 aliphatic rings. The van der Waals surface area contributed by atoms with Crippen molar-refractivity contribution in [1.82, 2.24) is 4.98 Å². The number of carbonyl (C=O) groups excluding carboxylic acids is 1. The maximum atomic E-state index is 11.2. The van der Waals surface area contributed by atoms with E-state index in [9.17, 15) is 4.79 Å². The lowest BCUT2D eigenvalue weighted by molar-refractivity contribution is 0.0600. The quantitative estimate of drug-likeness (QED) is 0.571. The molecule has 1 heterocycles. The third-order valence-electron chi connectivity index (χ3n) is 1.71. The number of nitriles is 1. The SMILES string of the molecule is COC(=O)c1cnc(N)c(C=CC#N)c1. The summed E-state index contributed by atoms with van der Waals surface area (Å²) in [5, 5.41) is 8.35. The number of rotatable bonds is 2. The molecule has 1 rings (SSSR count). The molecule has 0 saturated heterocycles. The average Bonchev–Trinajstić information content (AvgIpc) is 2.27. The Bertz CT molecular complexity index is 446. The number of pyridine rings is 1. The van der Waals surface area contributed by atoms with Crippen LogP contribution in [0.5, 0.6) is 0 Å². The highest BCUT2D eigenvalue weighted by molar-refractivity contribution is 5.90. The van der Waals surface area contributed by atoms with Crippen LogP contribution in [0.25, 0.3) is 6.08 Å². The number of aromatic nitrogens is 1. The van der Waals surface area contributed by atoms with Gasteiger partial charge in [0.25, 0.3) is 0 Å². The molecule has 0 aliphatic heterocycles. The van der Waals surface area contributed by atoms with Crippen molar-refractivity contribution in [3.05, 3.63) is 29.5 Å². The van der Waals surface area contributed by atoms with E-state index in [1.165, 1.54) is 31.5 Å². The van der Waals surface area contributed by atoms with Crippen LogP contribution < -0.4 is 5.73 Å². The van der Waals surface area contributed by atoms with Crippen LogP contribution in [0.15, 0.2) is 18.3 Å². The van der Waals surface area contributed by atoms with Crippen LogP contribution in [-0.4, -0.2) is 18.1 Å². The molecule has 0 radical (unpaired) electrons. The van der Waals surface area contributed by atoms with Crippen molar-refractivity contribution >= 4 is 17.9 Å². The molecule has 1 aromatic heterocycles. The highest BCUT2D eigenvalue weighted by Gasteiger charge is 2.07. The Morgan fingerprint density at radius 3 is 3.07 bits per heavy atom. The minimum absolute atomic E-state index is 0.258. The van der Waals surface area contributed by atoms with Gasteiger partial charge in [0.15, 0.2) is 0 Å². The lowest BCUT2D eigenvalue weighted by atomic mass is 10.2. The fourth-order valence-electron chi connectivity index (χ4n) is 0.982. The van der Waals surface area contributed by atoms with Gasteiger partial charge in [-0.15, -0.1) is 0 Å². The highest BCUT2D eigenvalue weighted by atomic mass is 16.5. The smallest absolute Gasteiger partial charge is 0.339 e. The number of anilines is 1. The van der Waals surface area contributed by atoms with E-state index in [2.05, 4.69) is 9.72 Å². The van der Waals surface area contributed by atoms with Crippen molar-refractivity contribution in [3.8, 4) is 6.07 Å². The lowest BCUT2D eigenvalue weighted by Crippen LogP contribution is -2.04. The van der Waals surface area contributed by atoms with Crippen LogP contribution >= 0.6 is 0 Å². The number of methoxy groups -OCH3 is 1. The summed E-state index contributed by atoms with van der Waals surface area (Å²) in [4.78, 5) is 15.0. The zero-order chi connectivity index (χ0) is 11.3. The molecule has 5 nitrogen and oxygen atoms in total. The molecule has 5 heteroatoms. The van der Waals surface area contributed by atoms with E-state index in [1.54, 1.807) is 0 Å². The van der Waals surface area contributed by atoms with E-state index in [0.717, 1.165) is 0 Å². The van der Waals surface area contributed by atoms with Crippen LogP contribution in [0, 0.1) is 11.3 Å². The molecule has 0 aromatic carbocycles. The molecule has 0 fully saturated rings. The van der Waals surface area contributed by atoms with Crippen LogP contribution in [0.2, 0.25) is 0 Å². The maximum absolute atomic E-state index is 11.2. The number of allylic oxidation sites excluding steroid dienone is 1. The van der Waals surface area contributed by atoms with Gasteiger partial charge in [0.05, 0.1) is 18.7 Å². The van der Waals surface area contributed by atoms with Crippen molar-refractivity contribution < 1.29 is 9.53 Å². The molecule has 76 valence electrons. The van der Waals surface area contributed by atoms with Crippen molar-refractivity contribution in [3.63, 3.8) is 0 Å². The molecule has 0 saturated carbocycles. The first-order valence-corrected chi connectivity index (χ1v) is 4.09. The van der Waals surface area contributed by atoms with E-state index < -0.39 is 5.97 Å². The molecule has 15 heavy (non-hydrogen) atoms. The number of hydrogen-bond donors (Lipinski definition) is 1. The first-order chi connectivity index (χ1) is 7.19. The van der Waals surface area contributed by atoms with Gasteiger partial charge in [-0.1, -0.05) is 0 Å². The first kappa shape index (κ1) is 10.7. The van der Waals surface area contributed by atoms with Gasteiger partial charge in [-0.2, -0.15) is 5.26 Å². The molecule has 2 N–H and O–H groups in total. The number of nitrogens with zero attached hydrogens (tertiary/aromatic N) is 2. The fourth-order valence-corrected chi connectivity index (χ4v) is 0.982. The topological polar surface area (TPSA) is 89.0 Å². The molecule has 0 unspecified atom stereocenters. The summed E-state index contributed by atoms with van der Waals surface area (Å²) in [5.74, 6) is -0.233. The van der Waals surface area contributed by atoms with Crippen molar-refractivity contribution in [2.75, 3.05) is 12.8 Å². The zero-order valence-corrected chi connectivity index (χ0v) is 8.10. The predicted octanol–water partition coefficient (Wildman–Crippen LogP) is 0.987.